The van der Waals surface area contributed by atoms with Crippen molar-refractivity contribution in [2.75, 3.05) is 0 Å². The van der Waals surface area contributed by atoms with Gasteiger partial charge in [0.2, 0.25) is 5.91 Å². The van der Waals surface area contributed by atoms with Gasteiger partial charge < -0.3 is 10.4 Å². The fourth-order valence-corrected chi connectivity index (χ4v) is 3.45. The molecular weight excluding hydrogens is 314 g/mol. The van der Waals surface area contributed by atoms with Gasteiger partial charge in [0, 0.05) is 24.6 Å². The third-order valence-corrected chi connectivity index (χ3v) is 5.31. The number of aliphatic hydroxyl groups excluding tert-OH is 1. The zero-order valence-corrected chi connectivity index (χ0v) is 15.0. The number of aromatic amines is 1. The van der Waals surface area contributed by atoms with Gasteiger partial charge >= 0.3 is 0 Å². The lowest BCUT2D eigenvalue weighted by atomic mass is 9.75. The number of nitrogens with zero attached hydrogens (tertiary/aromatic N) is 1. The van der Waals surface area contributed by atoms with Crippen molar-refractivity contribution in [3.63, 3.8) is 0 Å². The van der Waals surface area contributed by atoms with Crippen molar-refractivity contribution in [1.82, 2.24) is 15.5 Å². The van der Waals surface area contributed by atoms with Crippen molar-refractivity contribution < 1.29 is 9.90 Å². The van der Waals surface area contributed by atoms with Gasteiger partial charge in [0.15, 0.2) is 0 Å². The van der Waals surface area contributed by atoms with Crippen molar-refractivity contribution in [2.45, 2.75) is 58.1 Å². The normalized spacial score (nSPS) is 20.8. The highest BCUT2D eigenvalue weighted by molar-refractivity contribution is 5.76. The first-order valence-electron chi connectivity index (χ1n) is 9.04. The molecule has 1 saturated carbocycles. The third-order valence-electron chi connectivity index (χ3n) is 5.31. The molecule has 3 N–H and O–H groups in total. The molecule has 5 nitrogen and oxygen atoms in total. The fraction of sp³-hybridized carbons (Fsp3) is 0.500. The van der Waals surface area contributed by atoms with Crippen molar-refractivity contribution in [3.8, 4) is 0 Å². The Morgan fingerprint density at radius 1 is 1.32 bits per heavy atom. The second-order valence-corrected chi connectivity index (χ2v) is 7.17. The van der Waals surface area contributed by atoms with Crippen LogP contribution in [0.2, 0.25) is 0 Å². The van der Waals surface area contributed by atoms with Crippen molar-refractivity contribution in [2.24, 2.45) is 5.92 Å². The number of carbonyl (C=O) groups is 1. The standard InChI is InChI=1S/C20H27N3O2/c1-13-14(2)22-23-18(13)8-9-20(25)21-19(16-11-17(24)12-16)10-15-6-4-3-5-7-15/h3-7,16-17,19,24H,8-12H2,1-2H3,(H,21,25)(H,22,23)/t16?,17?,19-/m0/s1. The smallest absolute Gasteiger partial charge is 0.220 e. The van der Waals surface area contributed by atoms with Gasteiger partial charge in [-0.2, -0.15) is 5.10 Å². The van der Waals surface area contributed by atoms with Crippen LogP contribution in [0.1, 0.15) is 41.8 Å². The Morgan fingerprint density at radius 3 is 2.64 bits per heavy atom. The van der Waals surface area contributed by atoms with E-state index in [-0.39, 0.29) is 18.1 Å². The minimum absolute atomic E-state index is 0.0578. The van der Waals surface area contributed by atoms with Crippen LogP contribution < -0.4 is 5.32 Å². The van der Waals surface area contributed by atoms with Crippen LogP contribution >= 0.6 is 0 Å². The van der Waals surface area contributed by atoms with Crippen LogP contribution in [0.25, 0.3) is 0 Å². The van der Waals surface area contributed by atoms with E-state index < -0.39 is 0 Å². The van der Waals surface area contributed by atoms with E-state index in [0.717, 1.165) is 36.2 Å². The molecule has 0 bridgehead atoms. The van der Waals surface area contributed by atoms with E-state index in [2.05, 4.69) is 27.6 Å². The predicted octanol–water partition coefficient (Wildman–Crippen LogP) is 2.46. The summed E-state index contributed by atoms with van der Waals surface area (Å²) in [4.78, 5) is 12.4. The summed E-state index contributed by atoms with van der Waals surface area (Å²) in [6, 6.07) is 10.3. The molecule has 5 heteroatoms. The minimum atomic E-state index is -0.213. The Bertz CT molecular complexity index is 705. The monoisotopic (exact) mass is 341 g/mol. The molecule has 1 amide bonds. The minimum Gasteiger partial charge on any atom is -0.393 e. The molecule has 0 spiro atoms. The largest absolute Gasteiger partial charge is 0.393 e. The van der Waals surface area contributed by atoms with Gasteiger partial charge in [-0.25, -0.2) is 0 Å². The average molecular weight is 341 g/mol. The molecule has 1 aromatic heterocycles. The van der Waals surface area contributed by atoms with Crippen molar-refractivity contribution in [3.05, 3.63) is 52.8 Å². The molecule has 1 aliphatic rings. The maximum absolute atomic E-state index is 12.4. The highest BCUT2D eigenvalue weighted by Gasteiger charge is 2.34. The van der Waals surface area contributed by atoms with Crippen LogP contribution in [0, 0.1) is 19.8 Å². The number of carbonyl (C=O) groups excluding carboxylic acids is 1. The van der Waals surface area contributed by atoms with Gasteiger partial charge in [-0.15, -0.1) is 0 Å². The van der Waals surface area contributed by atoms with E-state index in [1.54, 1.807) is 0 Å². The van der Waals surface area contributed by atoms with Crippen LogP contribution in [0.5, 0.6) is 0 Å². The summed E-state index contributed by atoms with van der Waals surface area (Å²) in [7, 11) is 0. The zero-order valence-electron chi connectivity index (χ0n) is 15.0. The first kappa shape index (κ1) is 17.7. The summed E-state index contributed by atoms with van der Waals surface area (Å²) >= 11 is 0. The Hall–Kier alpha value is -2.14. The molecule has 0 saturated heterocycles. The first-order valence-corrected chi connectivity index (χ1v) is 9.04. The molecule has 1 fully saturated rings. The Kier molecular flexibility index (Phi) is 5.53. The summed E-state index contributed by atoms with van der Waals surface area (Å²) in [6.45, 7) is 4.02. The average Bonchev–Trinajstić information content (AvgIpc) is 2.89. The number of aliphatic hydroxyl groups is 1. The maximum atomic E-state index is 12.4. The second kappa shape index (κ2) is 7.83. The zero-order chi connectivity index (χ0) is 17.8. The van der Waals surface area contributed by atoms with Crippen LogP contribution in [-0.2, 0) is 17.6 Å². The second-order valence-electron chi connectivity index (χ2n) is 7.17. The molecule has 1 aromatic carbocycles. The molecule has 0 aliphatic heterocycles. The SMILES string of the molecule is Cc1[nH]nc(CCC(=O)N[C@@H](Cc2ccccc2)C2CC(O)C2)c1C. The Labute approximate surface area is 148 Å². The van der Waals surface area contributed by atoms with Crippen LogP contribution in [0.3, 0.4) is 0 Å². The van der Waals surface area contributed by atoms with E-state index in [1.165, 1.54) is 5.56 Å². The lowest BCUT2D eigenvalue weighted by molar-refractivity contribution is -0.122. The molecule has 3 rings (SSSR count). The van der Waals surface area contributed by atoms with E-state index in [0.29, 0.717) is 18.8 Å². The Balaban J connectivity index is 1.57. The Morgan fingerprint density at radius 2 is 2.04 bits per heavy atom. The summed E-state index contributed by atoms with van der Waals surface area (Å²) in [6.07, 6.45) is 3.23. The van der Waals surface area contributed by atoms with Gasteiger partial charge in [-0.3, -0.25) is 9.89 Å². The molecule has 0 unspecified atom stereocenters. The maximum Gasteiger partial charge on any atom is 0.220 e. The summed E-state index contributed by atoms with van der Waals surface area (Å²) < 4.78 is 0. The van der Waals surface area contributed by atoms with E-state index in [4.69, 9.17) is 0 Å². The molecule has 0 radical (unpaired) electrons. The lowest BCUT2D eigenvalue weighted by Crippen LogP contribution is -2.48. The third kappa shape index (κ3) is 4.48. The molecule has 2 aromatic rings. The number of aryl methyl sites for hydroxylation is 2. The summed E-state index contributed by atoms with van der Waals surface area (Å²) in [5.74, 6) is 0.413. The van der Waals surface area contributed by atoms with Gasteiger partial charge in [0.1, 0.15) is 0 Å². The number of benzene rings is 1. The highest BCUT2D eigenvalue weighted by atomic mass is 16.3. The van der Waals surface area contributed by atoms with Gasteiger partial charge in [0.05, 0.1) is 11.8 Å². The molecule has 1 atom stereocenters. The number of hydrogen-bond acceptors (Lipinski definition) is 3. The quantitative estimate of drug-likeness (QED) is 0.724. The topological polar surface area (TPSA) is 78.0 Å². The first-order chi connectivity index (χ1) is 12.0. The molecular formula is C20H27N3O2. The fourth-order valence-electron chi connectivity index (χ4n) is 3.45. The number of hydrogen-bond donors (Lipinski definition) is 3. The van der Waals surface area contributed by atoms with Crippen LogP contribution in [-0.4, -0.2) is 33.4 Å². The molecule has 25 heavy (non-hydrogen) atoms. The number of aromatic nitrogens is 2. The van der Waals surface area contributed by atoms with Crippen LogP contribution in [0.15, 0.2) is 30.3 Å². The number of H-pyrrole nitrogens is 1. The van der Waals surface area contributed by atoms with Gasteiger partial charge in [-0.1, -0.05) is 30.3 Å². The highest BCUT2D eigenvalue weighted by Crippen LogP contribution is 2.31. The van der Waals surface area contributed by atoms with E-state index in [1.807, 2.05) is 32.0 Å². The molecule has 1 heterocycles. The number of amides is 1. The molecule has 134 valence electrons. The van der Waals surface area contributed by atoms with E-state index in [9.17, 15) is 9.90 Å². The van der Waals surface area contributed by atoms with Crippen LogP contribution in [0.4, 0.5) is 0 Å². The summed E-state index contributed by atoms with van der Waals surface area (Å²) in [5.41, 5.74) is 4.37. The lowest BCUT2D eigenvalue weighted by Gasteiger charge is -2.38. The van der Waals surface area contributed by atoms with E-state index >= 15 is 0 Å². The predicted molar refractivity (Wildman–Crippen MR) is 97.2 cm³/mol. The number of rotatable bonds is 7. The van der Waals surface area contributed by atoms with Crippen molar-refractivity contribution in [1.29, 1.82) is 0 Å². The summed E-state index contributed by atoms with van der Waals surface area (Å²) in [5, 5.41) is 20.1. The van der Waals surface area contributed by atoms with Gasteiger partial charge in [-0.05, 0) is 50.2 Å². The number of nitrogens with one attached hydrogen (secondary N) is 2. The van der Waals surface area contributed by atoms with Gasteiger partial charge in [0.25, 0.3) is 0 Å². The van der Waals surface area contributed by atoms with Crippen molar-refractivity contribution >= 4 is 5.91 Å². The molecule has 1 aliphatic carbocycles.